The Bertz CT molecular complexity index is 995. The van der Waals surface area contributed by atoms with E-state index in [0.29, 0.717) is 12.0 Å². The van der Waals surface area contributed by atoms with Crippen molar-refractivity contribution < 1.29 is 9.50 Å². The molecular weight excluding hydrogens is 351 g/mol. The summed E-state index contributed by atoms with van der Waals surface area (Å²) in [4.78, 5) is 9.12. The Hall–Kier alpha value is -2.85. The Balaban J connectivity index is 1.76. The second-order valence-corrected chi connectivity index (χ2v) is 6.98. The van der Waals surface area contributed by atoms with Crippen LogP contribution in [0.3, 0.4) is 0 Å². The first-order valence-electron chi connectivity index (χ1n) is 9.58. The number of nitrogens with zero attached hydrogens (tertiary/aromatic N) is 2. The largest absolute Gasteiger partial charge is 0.393 e. The molecule has 0 amide bonds. The number of aliphatic hydroxyl groups is 1. The van der Waals surface area contributed by atoms with Gasteiger partial charge in [0.2, 0.25) is 0 Å². The third-order valence-corrected chi connectivity index (χ3v) is 4.59. The molecule has 1 heterocycles. The molecule has 0 saturated heterocycles. The fourth-order valence-electron chi connectivity index (χ4n) is 3.07. The van der Waals surface area contributed by atoms with Crippen LogP contribution in [0.5, 0.6) is 0 Å². The summed E-state index contributed by atoms with van der Waals surface area (Å²) in [5.74, 6) is -0.223. The summed E-state index contributed by atoms with van der Waals surface area (Å²) >= 11 is 0. The minimum absolute atomic E-state index is 0.223. The van der Waals surface area contributed by atoms with Gasteiger partial charge in [0.25, 0.3) is 0 Å². The molecule has 2 aromatic carbocycles. The third kappa shape index (κ3) is 5.11. The highest BCUT2D eigenvalue weighted by atomic mass is 19.1. The van der Waals surface area contributed by atoms with E-state index in [2.05, 4.69) is 22.6 Å². The number of rotatable bonds is 8. The van der Waals surface area contributed by atoms with E-state index in [4.69, 9.17) is 0 Å². The number of hydrogen-bond acceptors (Lipinski definition) is 3. The molecule has 1 N–H and O–H groups in total. The Morgan fingerprint density at radius 2 is 1.93 bits per heavy atom. The quantitative estimate of drug-likeness (QED) is 0.403. The fraction of sp³-hybridized carbons (Fsp3) is 0.250. The molecule has 3 nitrogen and oxygen atoms in total. The van der Waals surface area contributed by atoms with Gasteiger partial charge in [-0.1, -0.05) is 30.4 Å². The van der Waals surface area contributed by atoms with Crippen LogP contribution < -0.4 is 0 Å². The summed E-state index contributed by atoms with van der Waals surface area (Å²) in [6, 6.07) is 11.1. The van der Waals surface area contributed by atoms with Crippen molar-refractivity contribution in [3.8, 4) is 11.1 Å². The van der Waals surface area contributed by atoms with Gasteiger partial charge < -0.3 is 5.11 Å². The lowest BCUT2D eigenvalue weighted by atomic mass is 10.0. The maximum absolute atomic E-state index is 14.2. The second-order valence-electron chi connectivity index (χ2n) is 6.98. The highest BCUT2D eigenvalue weighted by Gasteiger charge is 2.06. The molecule has 3 rings (SSSR count). The van der Waals surface area contributed by atoms with Crippen LogP contribution in [0.1, 0.15) is 37.4 Å². The molecule has 144 valence electrons. The Morgan fingerprint density at radius 1 is 1.14 bits per heavy atom. The molecule has 0 aliphatic rings. The zero-order valence-electron chi connectivity index (χ0n) is 16.1. The van der Waals surface area contributed by atoms with E-state index in [1.165, 1.54) is 0 Å². The molecule has 3 aromatic rings. The van der Waals surface area contributed by atoms with Gasteiger partial charge in [0, 0.05) is 0 Å². The maximum atomic E-state index is 14.2. The van der Waals surface area contributed by atoms with E-state index in [9.17, 15) is 9.50 Å². The first-order chi connectivity index (χ1) is 13.6. The van der Waals surface area contributed by atoms with Crippen LogP contribution in [0.4, 0.5) is 4.39 Å². The lowest BCUT2D eigenvalue weighted by Crippen LogP contribution is -1.97. The van der Waals surface area contributed by atoms with Gasteiger partial charge in [0.05, 0.1) is 29.0 Å². The number of aliphatic hydroxyl groups excluding tert-OH is 1. The summed E-state index contributed by atoms with van der Waals surface area (Å²) in [7, 11) is 0. The third-order valence-electron chi connectivity index (χ3n) is 4.59. The SMILES string of the molecule is C=CCc1ccc(-c2ccc3nc(/C=C/CCCC(C)O)cnc3c2)cc1F. The molecule has 1 aromatic heterocycles. The van der Waals surface area contributed by atoms with Gasteiger partial charge in [-0.15, -0.1) is 6.58 Å². The van der Waals surface area contributed by atoms with Crippen molar-refractivity contribution in [3.63, 3.8) is 0 Å². The molecule has 0 aliphatic heterocycles. The Labute approximate surface area is 165 Å². The van der Waals surface area contributed by atoms with Crippen molar-refractivity contribution in [1.82, 2.24) is 9.97 Å². The normalized spacial score (nSPS) is 12.5. The number of allylic oxidation sites excluding steroid dienone is 2. The smallest absolute Gasteiger partial charge is 0.127 e. The first kappa shape index (κ1) is 19.9. The summed E-state index contributed by atoms with van der Waals surface area (Å²) < 4.78 is 14.2. The van der Waals surface area contributed by atoms with E-state index < -0.39 is 0 Å². The number of unbranched alkanes of at least 4 members (excludes halogenated alkanes) is 1. The summed E-state index contributed by atoms with van der Waals surface area (Å²) in [5, 5.41) is 9.27. The van der Waals surface area contributed by atoms with Gasteiger partial charge in [0.15, 0.2) is 0 Å². The number of benzene rings is 2. The summed E-state index contributed by atoms with van der Waals surface area (Å²) in [6.07, 6.45) is 10.4. The first-order valence-corrected chi connectivity index (χ1v) is 9.58. The molecule has 4 heteroatoms. The molecule has 0 radical (unpaired) electrons. The van der Waals surface area contributed by atoms with Crippen molar-refractivity contribution in [2.24, 2.45) is 0 Å². The molecule has 28 heavy (non-hydrogen) atoms. The van der Waals surface area contributed by atoms with Crippen molar-refractivity contribution in [2.45, 2.75) is 38.7 Å². The number of fused-ring (bicyclic) bond motifs is 1. The minimum Gasteiger partial charge on any atom is -0.393 e. The monoisotopic (exact) mass is 376 g/mol. The molecule has 0 aliphatic carbocycles. The van der Waals surface area contributed by atoms with Crippen LogP contribution in [-0.4, -0.2) is 21.2 Å². The van der Waals surface area contributed by atoms with Crippen LogP contribution in [0, 0.1) is 5.82 Å². The zero-order valence-corrected chi connectivity index (χ0v) is 16.1. The topological polar surface area (TPSA) is 46.0 Å². The van der Waals surface area contributed by atoms with Gasteiger partial charge in [-0.05, 0) is 73.6 Å². The molecular formula is C24H25FN2O. The average molecular weight is 376 g/mol. The van der Waals surface area contributed by atoms with Crippen molar-refractivity contribution >= 4 is 17.1 Å². The molecule has 1 unspecified atom stereocenters. The van der Waals surface area contributed by atoms with E-state index in [1.807, 2.05) is 30.3 Å². The van der Waals surface area contributed by atoms with Crippen LogP contribution in [0.15, 0.2) is 61.3 Å². The lowest BCUT2D eigenvalue weighted by molar-refractivity contribution is 0.182. The average Bonchev–Trinajstić information content (AvgIpc) is 2.68. The molecule has 1 atom stereocenters. The Kier molecular flexibility index (Phi) is 6.66. The summed E-state index contributed by atoms with van der Waals surface area (Å²) in [5.41, 5.74) is 4.75. The predicted molar refractivity (Wildman–Crippen MR) is 113 cm³/mol. The van der Waals surface area contributed by atoms with Crippen LogP contribution >= 0.6 is 0 Å². The van der Waals surface area contributed by atoms with Crippen molar-refractivity contribution in [3.05, 3.63) is 78.4 Å². The van der Waals surface area contributed by atoms with E-state index in [0.717, 1.165) is 47.1 Å². The van der Waals surface area contributed by atoms with Gasteiger partial charge in [-0.25, -0.2) is 9.37 Å². The van der Waals surface area contributed by atoms with Gasteiger partial charge >= 0.3 is 0 Å². The molecule has 0 bridgehead atoms. The number of halogens is 1. The van der Waals surface area contributed by atoms with Gasteiger partial charge in [-0.2, -0.15) is 0 Å². The van der Waals surface area contributed by atoms with Crippen molar-refractivity contribution in [1.29, 1.82) is 0 Å². The van der Waals surface area contributed by atoms with Gasteiger partial charge in [0.1, 0.15) is 5.82 Å². The zero-order chi connectivity index (χ0) is 19.9. The molecule has 0 fully saturated rings. The van der Waals surface area contributed by atoms with E-state index in [-0.39, 0.29) is 11.9 Å². The highest BCUT2D eigenvalue weighted by Crippen LogP contribution is 2.25. The fourth-order valence-corrected chi connectivity index (χ4v) is 3.07. The van der Waals surface area contributed by atoms with E-state index in [1.54, 1.807) is 31.3 Å². The Morgan fingerprint density at radius 3 is 2.68 bits per heavy atom. The van der Waals surface area contributed by atoms with E-state index >= 15 is 0 Å². The lowest BCUT2D eigenvalue weighted by Gasteiger charge is -2.06. The minimum atomic E-state index is -0.255. The second kappa shape index (κ2) is 9.38. The number of aromatic nitrogens is 2. The van der Waals surface area contributed by atoms with Crippen LogP contribution in [-0.2, 0) is 6.42 Å². The van der Waals surface area contributed by atoms with Crippen LogP contribution in [0.2, 0.25) is 0 Å². The van der Waals surface area contributed by atoms with Crippen molar-refractivity contribution in [2.75, 3.05) is 0 Å². The number of hydrogen-bond donors (Lipinski definition) is 1. The standard InChI is InChI=1S/C24H25FN2O/c1-3-7-18-10-11-19(14-22(18)25)20-12-13-23-24(15-20)26-16-21(27-23)9-6-4-5-8-17(2)28/h3,6,9-17,28H,1,4-5,7-8H2,2H3/b9-6+. The summed E-state index contributed by atoms with van der Waals surface area (Å²) in [6.45, 7) is 5.46. The predicted octanol–water partition coefficient (Wildman–Crippen LogP) is 5.73. The molecule has 0 spiro atoms. The maximum Gasteiger partial charge on any atom is 0.127 e. The van der Waals surface area contributed by atoms with Gasteiger partial charge in [-0.3, -0.25) is 4.98 Å². The highest BCUT2D eigenvalue weighted by molar-refractivity contribution is 5.81. The van der Waals surface area contributed by atoms with Crippen LogP contribution in [0.25, 0.3) is 28.2 Å². The molecule has 0 saturated carbocycles.